The molecular weight excluding hydrogens is 893 g/mol. The van der Waals surface area contributed by atoms with Gasteiger partial charge in [0.25, 0.3) is 5.91 Å². The summed E-state index contributed by atoms with van der Waals surface area (Å²) in [4.78, 5) is 39.3. The van der Waals surface area contributed by atoms with E-state index in [0.717, 1.165) is 35.5 Å². The minimum atomic E-state index is -6.71. The summed E-state index contributed by atoms with van der Waals surface area (Å²) in [5, 5.41) is 29.9. The molecule has 1 aromatic heterocycles. The molecular formula is C36H28Cl2F10N4O9. The number of benzene rings is 2. The van der Waals surface area contributed by atoms with Crippen LogP contribution in [0.1, 0.15) is 54.4 Å². The minimum Gasteiger partial charge on any atom is -0.459 e. The number of nitriles is 1. The second-order valence-electron chi connectivity index (χ2n) is 13.5. The molecule has 0 saturated heterocycles. The van der Waals surface area contributed by atoms with E-state index < -0.39 is 101 Å². The van der Waals surface area contributed by atoms with Crippen molar-refractivity contribution in [2.24, 2.45) is 0 Å². The Bertz CT molecular complexity index is 2200. The topological polar surface area (TPSA) is 173 Å². The van der Waals surface area contributed by atoms with Crippen molar-refractivity contribution in [3.8, 4) is 28.6 Å². The number of ether oxygens (including phenoxy) is 4. The van der Waals surface area contributed by atoms with E-state index in [1.807, 2.05) is 6.07 Å². The Labute approximate surface area is 346 Å². The summed E-state index contributed by atoms with van der Waals surface area (Å²) in [5.74, 6) is -3.55. The lowest BCUT2D eigenvalue weighted by atomic mass is 9.93. The van der Waals surface area contributed by atoms with Crippen molar-refractivity contribution in [1.82, 2.24) is 14.7 Å². The Morgan fingerprint density at radius 1 is 0.918 bits per heavy atom. The summed E-state index contributed by atoms with van der Waals surface area (Å²) >= 11 is 12.3. The van der Waals surface area contributed by atoms with E-state index in [0.29, 0.717) is 4.68 Å². The maximum Gasteiger partial charge on any atom is 0.573 e. The number of hydrogen-bond donors (Lipinski definition) is 2. The standard InChI is InChI=1S/C36H28Cl2F10N4O9/c37-24-6-1-18(19-14-50-52(15-19)29-25(38)12-20(13-26(29)61-36(46,47)48)33(39,34(40,41)42)35(43,44)45)11-23(24)30(56)51(32(16-49)9-10-32)17-58-31(57)60-22-4-2-21(3-5-22)59-28(55)8-7-27(53)54/h1,6-8,11-15,21-22,27,53-54H,2-5,9-10,17H2/b8-7+. The molecule has 5 rings (SSSR count). The lowest BCUT2D eigenvalue weighted by Crippen LogP contribution is -2.50. The molecule has 25 heteroatoms. The minimum absolute atomic E-state index is 0.0346. The van der Waals surface area contributed by atoms with Crippen molar-refractivity contribution in [3.05, 3.63) is 76.0 Å². The van der Waals surface area contributed by atoms with E-state index >= 15 is 0 Å². The van der Waals surface area contributed by atoms with E-state index in [2.05, 4.69) is 9.84 Å². The van der Waals surface area contributed by atoms with Gasteiger partial charge in [0.2, 0.25) is 0 Å². The van der Waals surface area contributed by atoms with Gasteiger partial charge in [0.15, 0.2) is 18.8 Å². The molecule has 0 aliphatic heterocycles. The second kappa shape index (κ2) is 17.6. The summed E-state index contributed by atoms with van der Waals surface area (Å²) in [7, 11) is 0. The number of esters is 1. The normalized spacial score (nSPS) is 18.1. The van der Waals surface area contributed by atoms with Gasteiger partial charge in [0, 0.05) is 23.4 Å². The highest BCUT2D eigenvalue weighted by molar-refractivity contribution is 6.34. The zero-order valence-corrected chi connectivity index (χ0v) is 32.0. The molecule has 0 atom stereocenters. The summed E-state index contributed by atoms with van der Waals surface area (Å²) in [6.07, 6.45) is -18.6. The van der Waals surface area contributed by atoms with Crippen LogP contribution in [-0.2, 0) is 24.7 Å². The Balaban J connectivity index is 1.35. The summed E-state index contributed by atoms with van der Waals surface area (Å²) in [6.45, 7) is -0.807. The van der Waals surface area contributed by atoms with E-state index in [1.165, 1.54) is 12.1 Å². The van der Waals surface area contributed by atoms with Crippen LogP contribution >= 0.6 is 23.2 Å². The number of aliphatic hydroxyl groups is 2. The Morgan fingerprint density at radius 2 is 1.52 bits per heavy atom. The molecule has 2 saturated carbocycles. The molecule has 0 radical (unpaired) electrons. The fourth-order valence-electron chi connectivity index (χ4n) is 6.15. The van der Waals surface area contributed by atoms with Crippen LogP contribution in [-0.4, -0.2) is 92.4 Å². The monoisotopic (exact) mass is 920 g/mol. The summed E-state index contributed by atoms with van der Waals surface area (Å²) in [5.41, 5.74) is -11.4. The molecule has 2 N–H and O–H groups in total. The number of rotatable bonds is 12. The first-order valence-electron chi connectivity index (χ1n) is 17.4. The van der Waals surface area contributed by atoms with Crippen molar-refractivity contribution in [2.45, 2.75) is 86.9 Å². The quantitative estimate of drug-likeness (QED) is 0.0774. The molecule has 330 valence electrons. The Morgan fingerprint density at radius 3 is 2.07 bits per heavy atom. The van der Waals surface area contributed by atoms with Crippen LogP contribution in [0.5, 0.6) is 5.75 Å². The molecule has 2 fully saturated rings. The van der Waals surface area contributed by atoms with Crippen molar-refractivity contribution in [3.63, 3.8) is 0 Å². The molecule has 0 bridgehead atoms. The first kappa shape index (κ1) is 46.8. The van der Waals surface area contributed by atoms with Crippen LogP contribution in [0.3, 0.4) is 0 Å². The highest BCUT2D eigenvalue weighted by atomic mass is 35.5. The molecule has 0 spiro atoms. The lowest BCUT2D eigenvalue weighted by molar-refractivity contribution is -0.348. The Hall–Kier alpha value is -5.31. The molecule has 0 unspecified atom stereocenters. The predicted octanol–water partition coefficient (Wildman–Crippen LogP) is 8.36. The van der Waals surface area contributed by atoms with E-state index in [4.69, 9.17) is 47.6 Å². The lowest BCUT2D eigenvalue weighted by Gasteiger charge is -2.31. The largest absolute Gasteiger partial charge is 0.573 e. The number of alkyl halides is 10. The van der Waals surface area contributed by atoms with Gasteiger partial charge in [-0.2, -0.15) is 36.7 Å². The fourth-order valence-corrected chi connectivity index (χ4v) is 6.65. The smallest absolute Gasteiger partial charge is 0.459 e. The molecule has 2 aromatic carbocycles. The summed E-state index contributed by atoms with van der Waals surface area (Å²) in [6, 6.07) is 4.93. The first-order chi connectivity index (χ1) is 28.3. The van der Waals surface area contributed by atoms with Gasteiger partial charge in [-0.1, -0.05) is 29.3 Å². The van der Waals surface area contributed by atoms with Gasteiger partial charge in [0.1, 0.15) is 23.4 Å². The van der Waals surface area contributed by atoms with Crippen LogP contribution in [0, 0.1) is 11.3 Å². The third-order valence-electron chi connectivity index (χ3n) is 9.35. The van der Waals surface area contributed by atoms with Gasteiger partial charge in [-0.3, -0.25) is 9.69 Å². The van der Waals surface area contributed by atoms with Gasteiger partial charge < -0.3 is 29.2 Å². The van der Waals surface area contributed by atoms with Crippen molar-refractivity contribution in [1.29, 1.82) is 5.26 Å². The van der Waals surface area contributed by atoms with Gasteiger partial charge in [-0.05, 0) is 74.4 Å². The van der Waals surface area contributed by atoms with Crippen LogP contribution in [0.15, 0.2) is 54.9 Å². The maximum atomic E-state index is 14.9. The van der Waals surface area contributed by atoms with Crippen molar-refractivity contribution in [2.75, 3.05) is 6.73 Å². The average molecular weight is 922 g/mol. The molecule has 61 heavy (non-hydrogen) atoms. The fraction of sp³-hybridized carbons (Fsp3) is 0.417. The van der Waals surface area contributed by atoms with Crippen molar-refractivity contribution < 1.29 is 87.4 Å². The molecule has 13 nitrogen and oxygen atoms in total. The van der Waals surface area contributed by atoms with E-state index in [9.17, 15) is 63.5 Å². The third-order valence-corrected chi connectivity index (χ3v) is 9.97. The highest BCUT2D eigenvalue weighted by Crippen LogP contribution is 2.55. The van der Waals surface area contributed by atoms with Crippen LogP contribution in [0.25, 0.3) is 16.8 Å². The number of nitrogens with zero attached hydrogens (tertiary/aromatic N) is 4. The molecule has 1 amide bonds. The number of carbonyl (C=O) groups is 3. The van der Waals surface area contributed by atoms with Gasteiger partial charge in [-0.15, -0.1) is 13.2 Å². The summed E-state index contributed by atoms with van der Waals surface area (Å²) < 4.78 is 156. The molecule has 3 aromatic rings. The van der Waals surface area contributed by atoms with Gasteiger partial charge in [0.05, 0.1) is 27.9 Å². The van der Waals surface area contributed by atoms with Gasteiger partial charge in [-0.25, -0.2) is 18.7 Å². The van der Waals surface area contributed by atoms with Crippen LogP contribution < -0.4 is 4.74 Å². The predicted molar refractivity (Wildman–Crippen MR) is 186 cm³/mol. The first-order valence-corrected chi connectivity index (χ1v) is 18.1. The highest BCUT2D eigenvalue weighted by Gasteiger charge is 2.73. The number of hydrogen-bond acceptors (Lipinski definition) is 11. The number of aliphatic hydroxyl groups excluding tert-OH is 1. The van der Waals surface area contributed by atoms with Crippen LogP contribution in [0.4, 0.5) is 48.7 Å². The van der Waals surface area contributed by atoms with E-state index in [-0.39, 0.29) is 66.3 Å². The Kier molecular flexibility index (Phi) is 13.5. The zero-order valence-electron chi connectivity index (χ0n) is 30.5. The van der Waals surface area contributed by atoms with Crippen molar-refractivity contribution >= 4 is 41.2 Å². The number of aromatic nitrogens is 2. The zero-order chi connectivity index (χ0) is 45.3. The number of carbonyl (C=O) groups excluding carboxylic acids is 3. The number of halogens is 12. The third kappa shape index (κ3) is 10.6. The second-order valence-corrected chi connectivity index (χ2v) is 14.3. The average Bonchev–Trinajstić information content (AvgIpc) is 3.80. The SMILES string of the molecule is N#CC1(N(COC(=O)OC2CCC(OC(=O)/C=C/C(O)O)CC2)C(=O)c2cc(-c3cnn(-c4c(Cl)cc(C(F)(C(F)(F)F)C(F)(F)F)cc4OC(F)(F)F)c3)ccc2Cl)CC1. The van der Waals surface area contributed by atoms with Gasteiger partial charge >= 0.3 is 36.5 Å². The van der Waals surface area contributed by atoms with Crippen LogP contribution in [0.2, 0.25) is 10.0 Å². The number of amides is 1. The maximum absolute atomic E-state index is 14.9. The molecule has 2 aliphatic carbocycles. The molecule has 2 aliphatic rings. The van der Waals surface area contributed by atoms with E-state index in [1.54, 1.807) is 0 Å². The molecule has 1 heterocycles.